The van der Waals surface area contributed by atoms with Gasteiger partial charge in [-0.05, 0) is 38.4 Å². The minimum atomic E-state index is 0.0312. The fraction of sp³-hybridized carbons (Fsp3) is 0.667. The second kappa shape index (κ2) is 8.97. The molecule has 0 fully saturated rings. The monoisotopic (exact) mass is 297 g/mol. The van der Waals surface area contributed by atoms with Gasteiger partial charge in [0.25, 0.3) is 0 Å². The Balaban J connectivity index is 2.69. The first kappa shape index (κ1) is 17.0. The highest BCUT2D eigenvalue weighted by atomic mass is 32.1. The number of hydrogen-bond acceptors (Lipinski definition) is 3. The number of urea groups is 1. The van der Waals surface area contributed by atoms with Gasteiger partial charge in [-0.15, -0.1) is 11.3 Å². The van der Waals surface area contributed by atoms with Gasteiger partial charge in [0.2, 0.25) is 0 Å². The van der Waals surface area contributed by atoms with Crippen LogP contribution in [0.2, 0.25) is 0 Å². The van der Waals surface area contributed by atoms with E-state index in [0.29, 0.717) is 6.54 Å². The largest absolute Gasteiger partial charge is 0.336 e. The van der Waals surface area contributed by atoms with Crippen LogP contribution in [0.15, 0.2) is 17.5 Å². The third-order valence-corrected chi connectivity index (χ3v) is 4.60. The zero-order valence-corrected chi connectivity index (χ0v) is 13.9. The molecule has 1 unspecified atom stereocenters. The van der Waals surface area contributed by atoms with Crippen LogP contribution < -0.4 is 5.32 Å². The first-order chi connectivity index (χ1) is 9.67. The van der Waals surface area contributed by atoms with Crippen LogP contribution in [-0.2, 0) is 0 Å². The lowest BCUT2D eigenvalue weighted by atomic mass is 10.2. The van der Waals surface area contributed by atoms with Gasteiger partial charge in [0.05, 0.1) is 6.04 Å². The van der Waals surface area contributed by atoms with Crippen molar-refractivity contribution in [1.82, 2.24) is 15.1 Å². The van der Waals surface area contributed by atoms with Gasteiger partial charge in [0.15, 0.2) is 0 Å². The predicted molar refractivity (Wildman–Crippen MR) is 86.3 cm³/mol. The van der Waals surface area contributed by atoms with Crippen LogP contribution in [-0.4, -0.2) is 48.6 Å². The highest BCUT2D eigenvalue weighted by Crippen LogP contribution is 2.24. The minimum Gasteiger partial charge on any atom is -0.336 e. The number of carbonyl (C=O) groups excluding carboxylic acids is 1. The van der Waals surface area contributed by atoms with Crippen molar-refractivity contribution >= 4 is 17.4 Å². The van der Waals surface area contributed by atoms with E-state index in [1.54, 1.807) is 11.3 Å². The van der Waals surface area contributed by atoms with Gasteiger partial charge in [-0.25, -0.2) is 4.79 Å². The Morgan fingerprint density at radius 2 is 1.85 bits per heavy atom. The summed E-state index contributed by atoms with van der Waals surface area (Å²) < 4.78 is 0. The molecule has 1 atom stereocenters. The molecule has 0 aliphatic carbocycles. The van der Waals surface area contributed by atoms with Crippen LogP contribution in [0.3, 0.4) is 0 Å². The number of nitrogens with zero attached hydrogens (tertiary/aromatic N) is 2. The summed E-state index contributed by atoms with van der Waals surface area (Å²) in [6, 6.07) is 4.52. The molecule has 1 aromatic rings. The Morgan fingerprint density at radius 3 is 2.30 bits per heavy atom. The molecular formula is C15H27N3OS. The maximum absolute atomic E-state index is 12.1. The molecule has 1 rings (SSSR count). The summed E-state index contributed by atoms with van der Waals surface area (Å²) in [7, 11) is 0. The Morgan fingerprint density at radius 1 is 1.20 bits per heavy atom. The summed E-state index contributed by atoms with van der Waals surface area (Å²) in [6.45, 7) is 12.5. The van der Waals surface area contributed by atoms with Crippen LogP contribution >= 0.6 is 11.3 Å². The highest BCUT2D eigenvalue weighted by Gasteiger charge is 2.20. The maximum Gasteiger partial charge on any atom is 0.317 e. The lowest BCUT2D eigenvalue weighted by molar-refractivity contribution is 0.187. The number of rotatable bonds is 8. The second-order valence-corrected chi connectivity index (χ2v) is 5.59. The van der Waals surface area contributed by atoms with E-state index in [9.17, 15) is 4.79 Å². The van der Waals surface area contributed by atoms with Crippen molar-refractivity contribution in [1.29, 1.82) is 0 Å². The Labute approximate surface area is 126 Å². The van der Waals surface area contributed by atoms with Crippen LogP contribution in [0.4, 0.5) is 4.79 Å². The van der Waals surface area contributed by atoms with E-state index in [4.69, 9.17) is 0 Å². The predicted octanol–water partition coefficient (Wildman–Crippen LogP) is 3.18. The van der Waals surface area contributed by atoms with Gasteiger partial charge in [0, 0.05) is 24.5 Å². The molecule has 1 N–H and O–H groups in total. The number of likely N-dealkylation sites (N-methyl/N-ethyl adjacent to an activating group) is 1. The molecule has 114 valence electrons. The van der Waals surface area contributed by atoms with E-state index in [1.165, 1.54) is 4.88 Å². The van der Waals surface area contributed by atoms with Crippen LogP contribution in [0, 0.1) is 0 Å². The molecule has 0 radical (unpaired) electrons. The SMILES string of the molecule is CCN(CC)C(=O)NCC(c1cccs1)N(CC)CC. The van der Waals surface area contributed by atoms with Gasteiger partial charge in [-0.2, -0.15) is 0 Å². The van der Waals surface area contributed by atoms with Gasteiger partial charge >= 0.3 is 6.03 Å². The molecule has 20 heavy (non-hydrogen) atoms. The summed E-state index contributed by atoms with van der Waals surface area (Å²) >= 11 is 1.76. The Hall–Kier alpha value is -1.07. The fourth-order valence-corrected chi connectivity index (χ4v) is 3.22. The van der Waals surface area contributed by atoms with E-state index in [0.717, 1.165) is 26.2 Å². The topological polar surface area (TPSA) is 35.6 Å². The average molecular weight is 297 g/mol. The molecule has 0 bridgehead atoms. The van der Waals surface area contributed by atoms with Crippen molar-refractivity contribution in [2.24, 2.45) is 0 Å². The Bertz CT molecular complexity index is 372. The van der Waals surface area contributed by atoms with Crippen molar-refractivity contribution in [3.63, 3.8) is 0 Å². The molecule has 0 aliphatic heterocycles. The lowest BCUT2D eigenvalue weighted by Gasteiger charge is -2.30. The van der Waals surface area contributed by atoms with E-state index >= 15 is 0 Å². The van der Waals surface area contributed by atoms with E-state index in [2.05, 4.69) is 41.6 Å². The molecule has 0 saturated carbocycles. The molecular weight excluding hydrogens is 270 g/mol. The number of amides is 2. The summed E-state index contributed by atoms with van der Waals surface area (Å²) in [5.41, 5.74) is 0. The van der Waals surface area contributed by atoms with Gasteiger partial charge in [-0.3, -0.25) is 4.90 Å². The molecule has 4 nitrogen and oxygen atoms in total. The first-order valence-corrected chi connectivity index (χ1v) is 8.35. The minimum absolute atomic E-state index is 0.0312. The van der Waals surface area contributed by atoms with Crippen molar-refractivity contribution in [3.05, 3.63) is 22.4 Å². The number of hydrogen-bond donors (Lipinski definition) is 1. The third kappa shape index (κ3) is 4.49. The smallest absolute Gasteiger partial charge is 0.317 e. The normalized spacial score (nSPS) is 12.4. The molecule has 0 aromatic carbocycles. The van der Waals surface area contributed by atoms with Crippen molar-refractivity contribution < 1.29 is 4.79 Å². The van der Waals surface area contributed by atoms with Crippen LogP contribution in [0.5, 0.6) is 0 Å². The van der Waals surface area contributed by atoms with E-state index in [1.807, 2.05) is 18.7 Å². The summed E-state index contributed by atoms with van der Waals surface area (Å²) in [5.74, 6) is 0. The molecule has 0 saturated heterocycles. The van der Waals surface area contributed by atoms with Gasteiger partial charge in [-0.1, -0.05) is 19.9 Å². The third-order valence-electron chi connectivity index (χ3n) is 3.62. The molecule has 0 spiro atoms. The van der Waals surface area contributed by atoms with Gasteiger partial charge < -0.3 is 10.2 Å². The maximum atomic E-state index is 12.1. The average Bonchev–Trinajstić information content (AvgIpc) is 2.98. The first-order valence-electron chi connectivity index (χ1n) is 7.47. The summed E-state index contributed by atoms with van der Waals surface area (Å²) in [4.78, 5) is 17.6. The number of nitrogens with one attached hydrogen (secondary N) is 1. The molecule has 0 aliphatic rings. The Kier molecular flexibility index (Phi) is 7.62. The number of carbonyl (C=O) groups is 1. The van der Waals surface area contributed by atoms with Gasteiger partial charge in [0.1, 0.15) is 0 Å². The molecule has 5 heteroatoms. The second-order valence-electron chi connectivity index (χ2n) is 4.61. The standard InChI is InChI=1S/C15H27N3OS/c1-5-17(6-2)13(14-10-9-11-20-14)12-16-15(19)18(7-3)8-4/h9-11,13H,5-8,12H2,1-4H3,(H,16,19). The summed E-state index contributed by atoms with van der Waals surface area (Å²) in [6.07, 6.45) is 0. The molecule has 1 heterocycles. The summed E-state index contributed by atoms with van der Waals surface area (Å²) in [5, 5.41) is 5.17. The van der Waals surface area contributed by atoms with Crippen molar-refractivity contribution in [2.45, 2.75) is 33.7 Å². The van der Waals surface area contributed by atoms with Crippen LogP contribution in [0.25, 0.3) is 0 Å². The van der Waals surface area contributed by atoms with Crippen molar-refractivity contribution in [3.8, 4) is 0 Å². The highest BCUT2D eigenvalue weighted by molar-refractivity contribution is 7.10. The van der Waals surface area contributed by atoms with Crippen molar-refractivity contribution in [2.75, 3.05) is 32.7 Å². The van der Waals surface area contributed by atoms with E-state index < -0.39 is 0 Å². The van der Waals surface area contributed by atoms with Crippen LogP contribution in [0.1, 0.15) is 38.6 Å². The number of thiophene rings is 1. The fourth-order valence-electron chi connectivity index (χ4n) is 2.36. The zero-order chi connectivity index (χ0) is 15.0. The lowest BCUT2D eigenvalue weighted by Crippen LogP contribution is -2.44. The molecule has 2 amide bonds. The quantitative estimate of drug-likeness (QED) is 0.800. The van der Waals surface area contributed by atoms with E-state index in [-0.39, 0.29) is 12.1 Å². The zero-order valence-electron chi connectivity index (χ0n) is 13.1. The molecule has 1 aromatic heterocycles.